The lowest BCUT2D eigenvalue weighted by Crippen LogP contribution is -2.41. The van der Waals surface area contributed by atoms with Crippen LogP contribution in [0.2, 0.25) is 0 Å². The van der Waals surface area contributed by atoms with E-state index in [2.05, 4.69) is 42.2 Å². The Kier molecular flexibility index (Phi) is 11.6. The lowest BCUT2D eigenvalue weighted by Gasteiger charge is -2.25. The molecule has 1 fully saturated rings. The summed E-state index contributed by atoms with van der Waals surface area (Å²) >= 11 is 0. The minimum Gasteiger partial charge on any atom is -0.379 e. The highest BCUT2D eigenvalue weighted by Crippen LogP contribution is 1.97. The first-order valence-corrected chi connectivity index (χ1v) is 10.4. The minimum absolute atomic E-state index is 0. The number of aliphatic imine (C=N–C) groups is 1. The third-order valence-corrected chi connectivity index (χ3v) is 4.85. The molecular weight excluding hydrogens is 495 g/mol. The number of morpholine rings is 1. The molecule has 166 valence electrons. The van der Waals surface area contributed by atoms with Gasteiger partial charge in [-0.05, 0) is 12.1 Å². The topological polar surface area (TPSA) is 92.5 Å². The number of guanidine groups is 1. The van der Waals surface area contributed by atoms with E-state index < -0.39 is 0 Å². The van der Waals surface area contributed by atoms with Gasteiger partial charge in [0.2, 0.25) is 0 Å². The maximum atomic E-state index is 5.41. The van der Waals surface area contributed by atoms with Crippen molar-refractivity contribution in [2.75, 3.05) is 52.5 Å². The summed E-state index contributed by atoms with van der Waals surface area (Å²) in [5, 5.41) is 15.0. The van der Waals surface area contributed by atoms with Crippen LogP contribution >= 0.6 is 24.0 Å². The van der Waals surface area contributed by atoms with Gasteiger partial charge in [0.05, 0.1) is 19.8 Å². The number of aromatic nitrogens is 4. The Hall–Kier alpha value is -1.79. The van der Waals surface area contributed by atoms with Gasteiger partial charge < -0.3 is 19.9 Å². The highest BCUT2D eigenvalue weighted by molar-refractivity contribution is 14.0. The normalized spacial score (nSPS) is 14.9. The number of nitrogens with one attached hydrogen (secondary N) is 2. The summed E-state index contributed by atoms with van der Waals surface area (Å²) in [4.78, 5) is 11.5. The molecule has 0 spiro atoms. The fourth-order valence-electron chi connectivity index (χ4n) is 3.19. The molecule has 0 bridgehead atoms. The van der Waals surface area contributed by atoms with Gasteiger partial charge >= 0.3 is 0 Å². The van der Waals surface area contributed by atoms with Gasteiger partial charge in [-0.25, -0.2) is 0 Å². The van der Waals surface area contributed by atoms with Crippen LogP contribution in [0.25, 0.3) is 0 Å². The highest BCUT2D eigenvalue weighted by atomic mass is 127. The molecule has 0 amide bonds. The summed E-state index contributed by atoms with van der Waals surface area (Å²) in [5.74, 6) is 1.83. The van der Waals surface area contributed by atoms with E-state index in [1.807, 2.05) is 24.4 Å². The van der Waals surface area contributed by atoms with Crippen molar-refractivity contribution >= 4 is 29.9 Å². The summed E-state index contributed by atoms with van der Waals surface area (Å²) in [5.41, 5.74) is 1.07. The van der Waals surface area contributed by atoms with Crippen molar-refractivity contribution in [2.24, 2.45) is 4.99 Å². The summed E-state index contributed by atoms with van der Waals surface area (Å²) < 4.78 is 7.48. The first-order valence-electron chi connectivity index (χ1n) is 10.4. The number of hydrogen-bond donors (Lipinski definition) is 2. The van der Waals surface area contributed by atoms with E-state index in [4.69, 9.17) is 9.73 Å². The zero-order valence-electron chi connectivity index (χ0n) is 17.7. The van der Waals surface area contributed by atoms with Crippen molar-refractivity contribution in [3.8, 4) is 0 Å². The number of hydrogen-bond acceptors (Lipinski definition) is 6. The third-order valence-electron chi connectivity index (χ3n) is 4.85. The molecule has 0 aliphatic carbocycles. The zero-order chi connectivity index (χ0) is 20.2. The van der Waals surface area contributed by atoms with Crippen molar-refractivity contribution in [2.45, 2.75) is 26.3 Å². The Morgan fingerprint density at radius 2 is 2.00 bits per heavy atom. The first-order chi connectivity index (χ1) is 14.3. The number of pyridine rings is 1. The molecular formula is C20H33IN8O. The molecule has 0 atom stereocenters. The van der Waals surface area contributed by atoms with Crippen LogP contribution in [-0.2, 0) is 24.1 Å². The third kappa shape index (κ3) is 8.52. The van der Waals surface area contributed by atoms with E-state index in [9.17, 15) is 0 Å². The average Bonchev–Trinajstić information content (AvgIpc) is 3.22. The molecule has 0 saturated carbocycles. The Bertz CT molecular complexity index is 733. The fourth-order valence-corrected chi connectivity index (χ4v) is 3.19. The number of rotatable bonds is 10. The second-order valence-corrected chi connectivity index (χ2v) is 6.90. The molecule has 0 radical (unpaired) electrons. The predicted octanol–water partition coefficient (Wildman–Crippen LogP) is 0.964. The largest absolute Gasteiger partial charge is 0.379 e. The van der Waals surface area contributed by atoms with Gasteiger partial charge in [0.1, 0.15) is 12.2 Å². The molecule has 0 aromatic carbocycles. The maximum absolute atomic E-state index is 5.41. The average molecular weight is 528 g/mol. The van der Waals surface area contributed by atoms with E-state index in [0.29, 0.717) is 0 Å². The van der Waals surface area contributed by atoms with Crippen molar-refractivity contribution in [3.05, 3.63) is 42.2 Å². The van der Waals surface area contributed by atoms with Crippen molar-refractivity contribution in [3.63, 3.8) is 0 Å². The van der Waals surface area contributed by atoms with E-state index in [0.717, 1.165) is 89.3 Å². The van der Waals surface area contributed by atoms with Crippen molar-refractivity contribution < 1.29 is 4.74 Å². The smallest absolute Gasteiger partial charge is 0.191 e. The Balaban J connectivity index is 0.00000320. The Labute approximate surface area is 195 Å². The van der Waals surface area contributed by atoms with Crippen LogP contribution in [0.15, 0.2) is 35.7 Å². The van der Waals surface area contributed by atoms with E-state index >= 15 is 0 Å². The van der Waals surface area contributed by atoms with Crippen LogP contribution in [0.5, 0.6) is 0 Å². The van der Waals surface area contributed by atoms with Crippen LogP contribution in [0.3, 0.4) is 0 Å². The lowest BCUT2D eigenvalue weighted by atomic mass is 10.3. The molecule has 2 aromatic heterocycles. The van der Waals surface area contributed by atoms with Gasteiger partial charge in [0.15, 0.2) is 5.96 Å². The first kappa shape index (κ1) is 24.5. The second-order valence-electron chi connectivity index (χ2n) is 6.90. The van der Waals surface area contributed by atoms with Gasteiger partial charge in [-0.1, -0.05) is 13.0 Å². The summed E-state index contributed by atoms with van der Waals surface area (Å²) in [6.45, 7) is 9.74. The van der Waals surface area contributed by atoms with Gasteiger partial charge in [-0.15, -0.1) is 34.2 Å². The number of aryl methyl sites for hydroxylation is 1. The van der Waals surface area contributed by atoms with E-state index in [-0.39, 0.29) is 24.0 Å². The van der Waals surface area contributed by atoms with Crippen LogP contribution in [0, 0.1) is 0 Å². The van der Waals surface area contributed by atoms with Crippen LogP contribution in [-0.4, -0.2) is 83.1 Å². The Morgan fingerprint density at radius 3 is 2.77 bits per heavy atom. The zero-order valence-corrected chi connectivity index (χ0v) is 20.0. The monoisotopic (exact) mass is 528 g/mol. The number of halogens is 1. The molecule has 0 unspecified atom stereocenters. The van der Waals surface area contributed by atoms with Crippen LogP contribution < -0.4 is 10.6 Å². The predicted molar refractivity (Wildman–Crippen MR) is 128 cm³/mol. The summed E-state index contributed by atoms with van der Waals surface area (Å²) in [7, 11) is 0. The molecule has 9 nitrogen and oxygen atoms in total. The molecule has 3 heterocycles. The van der Waals surface area contributed by atoms with E-state index in [1.165, 1.54) is 0 Å². The number of nitrogens with zero attached hydrogens (tertiary/aromatic N) is 6. The van der Waals surface area contributed by atoms with Crippen LogP contribution in [0.4, 0.5) is 0 Å². The molecule has 2 aromatic rings. The molecule has 1 aliphatic heterocycles. The fraction of sp³-hybridized carbons (Fsp3) is 0.600. The van der Waals surface area contributed by atoms with Gasteiger partial charge in [0.25, 0.3) is 0 Å². The van der Waals surface area contributed by atoms with Crippen molar-refractivity contribution in [1.29, 1.82) is 0 Å². The standard InChI is InChI=1S/C20H32N8O.HI/c1-2-19-26-25-17-28(19)12-10-24-20(22-8-6-18-5-3-4-7-21-18)23-9-11-27-13-15-29-16-14-27;/h3-5,7,17H,2,6,8-16H2,1H3,(H2,22,23,24);1H. The van der Waals surface area contributed by atoms with E-state index in [1.54, 1.807) is 6.33 Å². The highest BCUT2D eigenvalue weighted by Gasteiger charge is 2.09. The van der Waals surface area contributed by atoms with Gasteiger partial charge in [0, 0.05) is 64.0 Å². The SMILES string of the molecule is CCc1nncn1CCNC(=NCCN1CCOCC1)NCCc1ccccn1.I. The second kappa shape index (κ2) is 14.3. The number of ether oxygens (including phenoxy) is 1. The summed E-state index contributed by atoms with van der Waals surface area (Å²) in [6.07, 6.45) is 5.35. The molecule has 1 aliphatic rings. The quantitative estimate of drug-likeness (QED) is 0.270. The van der Waals surface area contributed by atoms with Crippen LogP contribution in [0.1, 0.15) is 18.4 Å². The maximum Gasteiger partial charge on any atom is 0.191 e. The van der Waals surface area contributed by atoms with Crippen molar-refractivity contribution in [1.82, 2.24) is 35.3 Å². The minimum atomic E-state index is 0. The summed E-state index contributed by atoms with van der Waals surface area (Å²) in [6, 6.07) is 6.00. The Morgan fingerprint density at radius 1 is 1.17 bits per heavy atom. The molecule has 10 heteroatoms. The van der Waals surface area contributed by atoms with Gasteiger partial charge in [-0.3, -0.25) is 14.9 Å². The molecule has 3 rings (SSSR count). The molecule has 2 N–H and O–H groups in total. The van der Waals surface area contributed by atoms with Gasteiger partial charge in [-0.2, -0.15) is 0 Å². The lowest BCUT2D eigenvalue weighted by molar-refractivity contribution is 0.0394. The molecule has 30 heavy (non-hydrogen) atoms. The molecule has 1 saturated heterocycles.